The van der Waals surface area contributed by atoms with Crippen molar-refractivity contribution in [1.82, 2.24) is 20.3 Å². The van der Waals surface area contributed by atoms with E-state index in [0.717, 1.165) is 10.5 Å². The van der Waals surface area contributed by atoms with Crippen molar-refractivity contribution in [3.8, 4) is 0 Å². The van der Waals surface area contributed by atoms with Crippen LogP contribution in [0.1, 0.15) is 78.4 Å². The summed E-state index contributed by atoms with van der Waals surface area (Å²) in [5, 5.41) is 6.91. The maximum absolute atomic E-state index is 14.3. The second-order valence-electron chi connectivity index (χ2n) is 17.2. The quantitative estimate of drug-likeness (QED) is 0.129. The van der Waals surface area contributed by atoms with Crippen LogP contribution in [0.25, 0.3) is 0 Å². The maximum Gasteiger partial charge on any atom is 0.412 e. The number of rotatable bonds is 11. The van der Waals surface area contributed by atoms with Gasteiger partial charge in [0.05, 0.1) is 17.5 Å². The maximum atomic E-state index is 14.3. The van der Waals surface area contributed by atoms with Crippen molar-refractivity contribution in [3.63, 3.8) is 0 Å². The largest absolute Gasteiger partial charge is 0.444 e. The molecular formula is C41H52F2N6O10S. The van der Waals surface area contributed by atoms with Gasteiger partial charge in [-0.05, 0) is 94.7 Å². The molecule has 1 unspecified atom stereocenters. The minimum atomic E-state index is -3.94. The molecule has 1 aliphatic heterocycles. The summed E-state index contributed by atoms with van der Waals surface area (Å²) >= 11 is 0. The Morgan fingerprint density at radius 1 is 0.983 bits per heavy atom. The molecule has 2 aromatic rings. The number of hydrogen-bond donors (Lipinski definition) is 4. The van der Waals surface area contributed by atoms with E-state index in [1.165, 1.54) is 42.5 Å². The Morgan fingerprint density at radius 3 is 2.15 bits per heavy atom. The van der Waals surface area contributed by atoms with Crippen LogP contribution in [0.2, 0.25) is 0 Å². The lowest BCUT2D eigenvalue weighted by Crippen LogP contribution is -2.60. The molecule has 0 spiro atoms. The number of likely N-dealkylation sites (tertiary alicyclic amines) is 1. The molecule has 0 radical (unpaired) electrons. The van der Waals surface area contributed by atoms with E-state index in [-0.39, 0.29) is 30.8 Å². The highest BCUT2D eigenvalue weighted by Gasteiger charge is 2.62. The number of nitrogens with zero attached hydrogens (tertiary/aromatic N) is 2. The topological polar surface area (TPSA) is 219 Å². The lowest BCUT2D eigenvalue weighted by atomic mass is 9.85. The molecule has 0 bridgehead atoms. The second kappa shape index (κ2) is 18.3. The van der Waals surface area contributed by atoms with Crippen LogP contribution >= 0.6 is 0 Å². The number of alkyl carbamates (subject to hydrolysis) is 1. The predicted molar refractivity (Wildman–Crippen MR) is 216 cm³/mol. The Bertz CT molecular complexity index is 2180. The summed E-state index contributed by atoms with van der Waals surface area (Å²) in [5.41, 5.74) is -1.94. The molecular weight excluding hydrogens is 807 g/mol. The molecule has 60 heavy (non-hydrogen) atoms. The number of aliphatic imine (C=N–C) groups is 1. The average Bonchev–Trinajstić information content (AvgIpc) is 4.06. The van der Waals surface area contributed by atoms with E-state index in [2.05, 4.69) is 32.2 Å². The highest BCUT2D eigenvalue weighted by atomic mass is 32.2. The van der Waals surface area contributed by atoms with Crippen molar-refractivity contribution in [1.29, 1.82) is 0 Å². The fraction of sp³-hybridized carbons (Fsp3) is 0.512. The Labute approximate surface area is 348 Å². The fourth-order valence-corrected chi connectivity index (χ4v) is 7.78. The summed E-state index contributed by atoms with van der Waals surface area (Å²) in [6, 6.07) is 5.95. The van der Waals surface area contributed by atoms with Crippen molar-refractivity contribution in [3.05, 3.63) is 71.8 Å². The number of aryl methyl sites for hydroxylation is 2. The van der Waals surface area contributed by atoms with Gasteiger partial charge in [-0.3, -0.25) is 24.4 Å². The van der Waals surface area contributed by atoms with Crippen LogP contribution < -0.4 is 20.7 Å². The molecule has 2 aliphatic carbocycles. The second-order valence-corrected chi connectivity index (χ2v) is 19.1. The van der Waals surface area contributed by atoms with Crippen LogP contribution in [0.5, 0.6) is 0 Å². The Hall–Kier alpha value is -5.68. The van der Waals surface area contributed by atoms with E-state index in [4.69, 9.17) is 9.47 Å². The SMILES string of the molecule is C=CC1C[C@]1(NC(=O)[C@@H]1C[C@@H](OC(=O)Nc2cc(C)ccc2F)CN1C(=O)[C@@H](NC(=O)OC(C)(C)C)C(C)(C)C)C(=O)NS(=O)(=O)C1CC1.Cc1ccc(F)c(N=C=O)c1. The zero-order valence-electron chi connectivity index (χ0n) is 34.8. The number of nitrogens with one attached hydrogen (secondary N) is 4. The number of sulfonamides is 1. The van der Waals surface area contributed by atoms with Crippen molar-refractivity contribution < 1.29 is 55.4 Å². The first-order valence-corrected chi connectivity index (χ1v) is 20.7. The third-order valence-corrected chi connectivity index (χ3v) is 11.6. The Morgan fingerprint density at radius 2 is 1.60 bits per heavy atom. The molecule has 326 valence electrons. The molecule has 5 rings (SSSR count). The van der Waals surface area contributed by atoms with Gasteiger partial charge in [0, 0.05) is 12.3 Å². The van der Waals surface area contributed by atoms with Gasteiger partial charge in [-0.15, -0.1) is 6.58 Å². The minimum Gasteiger partial charge on any atom is -0.444 e. The number of anilines is 1. The van der Waals surface area contributed by atoms with Gasteiger partial charge in [0.15, 0.2) is 0 Å². The number of carbonyl (C=O) groups excluding carboxylic acids is 6. The molecule has 3 fully saturated rings. The van der Waals surface area contributed by atoms with Crippen molar-refractivity contribution in [2.75, 3.05) is 11.9 Å². The monoisotopic (exact) mass is 858 g/mol. The van der Waals surface area contributed by atoms with Gasteiger partial charge in [0.25, 0.3) is 5.91 Å². The summed E-state index contributed by atoms with van der Waals surface area (Å²) in [5.74, 6) is -4.20. The van der Waals surface area contributed by atoms with Gasteiger partial charge in [-0.25, -0.2) is 31.6 Å². The molecule has 3 aliphatic rings. The first-order chi connectivity index (χ1) is 27.8. The third-order valence-electron chi connectivity index (χ3n) is 9.77. The Kier molecular flexibility index (Phi) is 14.3. The molecule has 4 N–H and O–H groups in total. The van der Waals surface area contributed by atoms with E-state index in [1.807, 2.05) is 0 Å². The molecule has 5 amide bonds. The molecule has 19 heteroatoms. The number of benzene rings is 2. The van der Waals surface area contributed by atoms with Gasteiger partial charge in [0.1, 0.15) is 46.6 Å². The smallest absolute Gasteiger partial charge is 0.412 e. The number of hydrogen-bond acceptors (Lipinski definition) is 11. The van der Waals surface area contributed by atoms with Crippen LogP contribution in [-0.4, -0.2) is 90.4 Å². The molecule has 5 atom stereocenters. The summed E-state index contributed by atoms with van der Waals surface area (Å²) in [7, 11) is -3.94. The fourth-order valence-electron chi connectivity index (χ4n) is 6.42. The van der Waals surface area contributed by atoms with E-state index >= 15 is 0 Å². The van der Waals surface area contributed by atoms with Crippen molar-refractivity contribution in [2.24, 2.45) is 16.3 Å². The molecule has 1 saturated heterocycles. The molecule has 16 nitrogen and oxygen atoms in total. The van der Waals surface area contributed by atoms with Crippen LogP contribution in [0.15, 0.2) is 54.0 Å². The van der Waals surface area contributed by atoms with Gasteiger partial charge in [-0.2, -0.15) is 4.99 Å². The molecule has 2 aromatic carbocycles. The van der Waals surface area contributed by atoms with Gasteiger partial charge >= 0.3 is 12.2 Å². The number of isocyanates is 1. The van der Waals surface area contributed by atoms with Crippen molar-refractivity contribution >= 4 is 57.4 Å². The van der Waals surface area contributed by atoms with Crippen LogP contribution in [0.3, 0.4) is 0 Å². The lowest BCUT2D eigenvalue weighted by Gasteiger charge is -2.36. The van der Waals surface area contributed by atoms with E-state index < -0.39 is 97.5 Å². The van der Waals surface area contributed by atoms with Gasteiger partial charge < -0.3 is 25.0 Å². The van der Waals surface area contributed by atoms with Crippen LogP contribution in [0.4, 0.5) is 29.7 Å². The van der Waals surface area contributed by atoms with E-state index in [0.29, 0.717) is 18.4 Å². The standard InChI is InChI=1S/C33H46FN5O9S.C8H6FNO/c1-9-19-16-33(19,28(42)38-49(45,46)21-11-12-21)37-26(40)24-15-20(47-29(43)35-23-14-18(2)10-13-22(23)34)17-39(24)27(41)25(31(3,4)5)36-30(44)48-32(6,7)8;1-6-2-3-7(9)8(4-6)10-5-11/h9-10,13-14,19-21,24-25H,1,11-12,15-17H2,2-8H3,(H,35,43)(H,36,44)(H,37,40)(H,38,42);2-4H,1H3/t19?,20-,24+,25-,33-;/m1./s1. The highest BCUT2D eigenvalue weighted by Crippen LogP contribution is 2.45. The molecule has 0 aromatic heterocycles. The van der Waals surface area contributed by atoms with Crippen LogP contribution in [-0.2, 0) is 38.7 Å². The number of halogens is 2. The summed E-state index contributed by atoms with van der Waals surface area (Å²) in [6.07, 6.45) is 0.449. The molecule has 1 heterocycles. The lowest BCUT2D eigenvalue weighted by molar-refractivity contribution is -0.143. The third kappa shape index (κ3) is 12.2. The normalized spacial score (nSPS) is 21.4. The zero-order chi connectivity index (χ0) is 45.0. The average molecular weight is 859 g/mol. The highest BCUT2D eigenvalue weighted by molar-refractivity contribution is 7.91. The summed E-state index contributed by atoms with van der Waals surface area (Å²) in [4.78, 5) is 81.3. The minimum absolute atomic E-state index is 0.0417. The zero-order valence-corrected chi connectivity index (χ0v) is 35.6. The van der Waals surface area contributed by atoms with Crippen molar-refractivity contribution in [2.45, 2.75) is 116 Å². The van der Waals surface area contributed by atoms with E-state index in [1.54, 1.807) is 61.5 Å². The summed E-state index contributed by atoms with van der Waals surface area (Å²) < 4.78 is 65.1. The van der Waals surface area contributed by atoms with Gasteiger partial charge in [0.2, 0.25) is 27.9 Å². The predicted octanol–water partition coefficient (Wildman–Crippen LogP) is 5.36. The number of carbonyl (C=O) groups is 5. The van der Waals surface area contributed by atoms with Crippen LogP contribution in [0, 0.1) is 36.8 Å². The molecule has 2 saturated carbocycles. The Balaban J connectivity index is 0.000000624. The van der Waals surface area contributed by atoms with E-state index in [9.17, 15) is 46.0 Å². The number of amides is 5. The first-order valence-electron chi connectivity index (χ1n) is 19.2. The number of ether oxygens (including phenoxy) is 2. The van der Waals surface area contributed by atoms with Gasteiger partial charge in [-0.1, -0.05) is 39.0 Å². The first kappa shape index (κ1) is 47.0. The summed E-state index contributed by atoms with van der Waals surface area (Å²) in [6.45, 7) is 17.0.